The number of ketones is 1. The number of benzene rings is 1. The number of nitrogens with one attached hydrogen (secondary N) is 1. The van der Waals surface area contributed by atoms with Gasteiger partial charge in [-0.25, -0.2) is 0 Å². The molecule has 0 saturated carbocycles. The van der Waals surface area contributed by atoms with Crippen LogP contribution in [0.5, 0.6) is 0 Å². The van der Waals surface area contributed by atoms with Crippen molar-refractivity contribution in [3.63, 3.8) is 0 Å². The number of hydrogen-bond donors (Lipinski definition) is 1. The smallest absolute Gasteiger partial charge is 0.344 e. The quantitative estimate of drug-likeness (QED) is 0.370. The third-order valence-corrected chi connectivity index (χ3v) is 6.55. The summed E-state index contributed by atoms with van der Waals surface area (Å²) in [6.07, 6.45) is 0.988. The summed E-state index contributed by atoms with van der Waals surface area (Å²) in [4.78, 5) is 25.2. The van der Waals surface area contributed by atoms with E-state index in [0.29, 0.717) is 6.42 Å². The molecule has 8 heteroatoms. The molecule has 0 aliphatic carbocycles. The van der Waals surface area contributed by atoms with E-state index in [0.717, 1.165) is 16.5 Å². The lowest BCUT2D eigenvalue weighted by Gasteiger charge is -2.24. The second-order valence-electron chi connectivity index (χ2n) is 7.65. The van der Waals surface area contributed by atoms with Crippen molar-refractivity contribution < 1.29 is 23.2 Å². The van der Waals surface area contributed by atoms with Gasteiger partial charge in [0.1, 0.15) is 12.1 Å². The monoisotopic (exact) mass is 489 g/mol. The Labute approximate surface area is 182 Å². The van der Waals surface area contributed by atoms with Crippen LogP contribution in [0.4, 0.5) is 0 Å². The summed E-state index contributed by atoms with van der Waals surface area (Å²) in [5, 5.41) is 2.69. The van der Waals surface area contributed by atoms with Crippen molar-refractivity contribution in [2.75, 3.05) is 6.29 Å². The summed E-state index contributed by atoms with van der Waals surface area (Å²) in [7, 11) is -3.46. The van der Waals surface area contributed by atoms with Crippen LogP contribution in [-0.2, 0) is 29.6 Å². The fourth-order valence-corrected chi connectivity index (χ4v) is 5.01. The standard InChI is InChI=1S/C21H33BrNO5P/c1-6-7-18(13-20(24)12-17-8-10-19(22)11-9-17)21(25)23-14-29(26,27-15(2)3)28-16(4)5/h8-11,15-16,18H,6-7,12-14H2,1-5H3,(H,23,25)/t18-/m1/s1. The fraction of sp³-hybridized carbons (Fsp3) is 0.619. The Morgan fingerprint density at radius 1 is 1.07 bits per heavy atom. The first-order valence-electron chi connectivity index (χ1n) is 10.0. The van der Waals surface area contributed by atoms with Crippen molar-refractivity contribution in [3.05, 3.63) is 34.3 Å². The zero-order chi connectivity index (χ0) is 22.0. The third-order valence-electron chi connectivity index (χ3n) is 3.99. The van der Waals surface area contributed by atoms with E-state index in [1.165, 1.54) is 0 Å². The Kier molecular flexibility index (Phi) is 11.3. The Morgan fingerprint density at radius 2 is 1.62 bits per heavy atom. The Hall–Kier alpha value is -1.01. The minimum atomic E-state index is -3.46. The molecule has 1 rings (SSSR count). The predicted octanol–water partition coefficient (Wildman–Crippen LogP) is 5.48. The molecule has 0 aliphatic heterocycles. The van der Waals surface area contributed by atoms with E-state index in [1.807, 2.05) is 31.2 Å². The van der Waals surface area contributed by atoms with E-state index < -0.39 is 13.5 Å². The van der Waals surface area contributed by atoms with Crippen LogP contribution in [0.3, 0.4) is 0 Å². The maximum Gasteiger partial charge on any atom is 0.350 e. The van der Waals surface area contributed by atoms with Gasteiger partial charge in [-0.3, -0.25) is 14.2 Å². The number of rotatable bonds is 13. The van der Waals surface area contributed by atoms with Crippen molar-refractivity contribution in [2.45, 2.75) is 72.5 Å². The zero-order valence-corrected chi connectivity index (χ0v) is 20.4. The molecule has 0 aromatic heterocycles. The molecular weight excluding hydrogens is 457 g/mol. The fourth-order valence-electron chi connectivity index (χ4n) is 2.91. The molecule has 1 aromatic rings. The van der Waals surface area contributed by atoms with Gasteiger partial charge < -0.3 is 14.4 Å². The molecule has 0 bridgehead atoms. The van der Waals surface area contributed by atoms with Gasteiger partial charge in [0.2, 0.25) is 5.91 Å². The Balaban J connectivity index is 2.71. The molecule has 0 radical (unpaired) electrons. The number of Topliss-reactive ketones (excluding diaryl/α,β-unsaturated/α-hetero) is 1. The van der Waals surface area contributed by atoms with E-state index in [-0.39, 0.29) is 43.0 Å². The molecule has 1 N–H and O–H groups in total. The summed E-state index contributed by atoms with van der Waals surface area (Å²) in [5.41, 5.74) is 0.911. The lowest BCUT2D eigenvalue weighted by Crippen LogP contribution is -2.34. The second-order valence-corrected chi connectivity index (χ2v) is 10.5. The maximum atomic E-state index is 12.9. The number of hydrogen-bond acceptors (Lipinski definition) is 5. The van der Waals surface area contributed by atoms with Crippen molar-refractivity contribution >= 4 is 35.2 Å². The van der Waals surface area contributed by atoms with Gasteiger partial charge in [0.05, 0.1) is 12.2 Å². The van der Waals surface area contributed by atoms with Gasteiger partial charge in [-0.15, -0.1) is 0 Å². The number of amides is 1. The van der Waals surface area contributed by atoms with E-state index in [1.54, 1.807) is 27.7 Å². The summed E-state index contributed by atoms with van der Waals surface area (Å²) in [6.45, 7) is 9.02. The average Bonchev–Trinajstić information content (AvgIpc) is 2.60. The molecule has 0 fully saturated rings. The van der Waals surface area contributed by atoms with Crippen LogP contribution in [0.2, 0.25) is 0 Å². The predicted molar refractivity (Wildman–Crippen MR) is 119 cm³/mol. The lowest BCUT2D eigenvalue weighted by atomic mass is 9.94. The van der Waals surface area contributed by atoms with Gasteiger partial charge in [-0.1, -0.05) is 41.4 Å². The third kappa shape index (κ3) is 10.5. The van der Waals surface area contributed by atoms with Crippen LogP contribution in [0.1, 0.15) is 59.4 Å². The largest absolute Gasteiger partial charge is 0.350 e. The molecule has 0 spiro atoms. The highest BCUT2D eigenvalue weighted by molar-refractivity contribution is 9.10. The van der Waals surface area contributed by atoms with Gasteiger partial charge in [0.25, 0.3) is 0 Å². The highest BCUT2D eigenvalue weighted by Crippen LogP contribution is 2.49. The number of carbonyl (C=O) groups is 2. The first-order valence-corrected chi connectivity index (χ1v) is 12.6. The van der Waals surface area contributed by atoms with E-state index in [9.17, 15) is 14.2 Å². The number of carbonyl (C=O) groups excluding carboxylic acids is 2. The first kappa shape index (κ1) is 26.0. The van der Waals surface area contributed by atoms with Gasteiger partial charge in [-0.05, 0) is 51.8 Å². The van der Waals surface area contributed by atoms with Crippen molar-refractivity contribution in [1.29, 1.82) is 0 Å². The van der Waals surface area contributed by atoms with Crippen molar-refractivity contribution in [2.24, 2.45) is 5.92 Å². The summed E-state index contributed by atoms with van der Waals surface area (Å²) < 4.78 is 24.7. The summed E-state index contributed by atoms with van der Waals surface area (Å²) in [6, 6.07) is 7.55. The van der Waals surface area contributed by atoms with Gasteiger partial charge in [0.15, 0.2) is 0 Å². The van der Waals surface area contributed by atoms with Crippen LogP contribution in [0.15, 0.2) is 28.7 Å². The molecule has 6 nitrogen and oxygen atoms in total. The van der Waals surface area contributed by atoms with Crippen LogP contribution in [0, 0.1) is 5.92 Å². The molecule has 1 aromatic carbocycles. The second kappa shape index (κ2) is 12.6. The molecular formula is C21H33BrNO5P. The Morgan fingerprint density at radius 3 is 2.10 bits per heavy atom. The number of halogens is 1. The van der Waals surface area contributed by atoms with Gasteiger partial charge in [0, 0.05) is 23.2 Å². The molecule has 0 aliphatic rings. The molecule has 0 heterocycles. The molecule has 1 amide bonds. The topological polar surface area (TPSA) is 81.7 Å². The average molecular weight is 490 g/mol. The van der Waals surface area contributed by atoms with E-state index >= 15 is 0 Å². The molecule has 0 saturated heterocycles. The SMILES string of the molecule is CCC[C@H](CC(=O)Cc1ccc(Br)cc1)C(=O)NCP(=O)(OC(C)C)OC(C)C. The lowest BCUT2D eigenvalue weighted by molar-refractivity contribution is -0.129. The molecule has 29 heavy (non-hydrogen) atoms. The minimum Gasteiger partial charge on any atom is -0.344 e. The van der Waals surface area contributed by atoms with Gasteiger partial charge >= 0.3 is 7.60 Å². The van der Waals surface area contributed by atoms with E-state index in [4.69, 9.17) is 9.05 Å². The van der Waals surface area contributed by atoms with Gasteiger partial charge in [-0.2, -0.15) is 0 Å². The molecule has 164 valence electrons. The maximum absolute atomic E-state index is 12.9. The van der Waals surface area contributed by atoms with E-state index in [2.05, 4.69) is 21.2 Å². The van der Waals surface area contributed by atoms with Crippen LogP contribution >= 0.6 is 23.5 Å². The molecule has 1 atom stereocenters. The van der Waals surface area contributed by atoms with Crippen molar-refractivity contribution in [3.8, 4) is 0 Å². The normalized spacial score (nSPS) is 13.0. The highest BCUT2D eigenvalue weighted by Gasteiger charge is 2.30. The molecule has 0 unspecified atom stereocenters. The highest BCUT2D eigenvalue weighted by atomic mass is 79.9. The Bertz CT molecular complexity index is 692. The van der Waals surface area contributed by atoms with Crippen LogP contribution < -0.4 is 5.32 Å². The van der Waals surface area contributed by atoms with Crippen LogP contribution in [-0.4, -0.2) is 30.2 Å². The summed E-state index contributed by atoms with van der Waals surface area (Å²) in [5.74, 6) is -0.758. The first-order chi connectivity index (χ1) is 13.5. The van der Waals surface area contributed by atoms with Crippen molar-refractivity contribution in [1.82, 2.24) is 5.32 Å². The van der Waals surface area contributed by atoms with Crippen LogP contribution in [0.25, 0.3) is 0 Å². The summed E-state index contributed by atoms with van der Waals surface area (Å²) >= 11 is 3.37. The zero-order valence-electron chi connectivity index (χ0n) is 17.9. The minimum absolute atomic E-state index is 0.000894.